The van der Waals surface area contributed by atoms with Crippen LogP contribution in [0.3, 0.4) is 0 Å². The number of nitrogens with one attached hydrogen (secondary N) is 1. The molecule has 2 atom stereocenters. The summed E-state index contributed by atoms with van der Waals surface area (Å²) in [5, 5.41) is 0. The van der Waals surface area contributed by atoms with Gasteiger partial charge in [-0.3, -0.25) is 9.69 Å². The van der Waals surface area contributed by atoms with Gasteiger partial charge in [0.25, 0.3) is 5.56 Å². The number of sulfonamides is 1. The van der Waals surface area contributed by atoms with Gasteiger partial charge in [0.15, 0.2) is 0 Å². The molecule has 0 amide bonds. The Kier molecular flexibility index (Phi) is 4.57. The molecule has 2 fully saturated rings. The van der Waals surface area contributed by atoms with Gasteiger partial charge in [-0.2, -0.15) is 4.31 Å². The Hall–Kier alpha value is -1.25. The number of aromatic nitrogens is 2. The van der Waals surface area contributed by atoms with Crippen molar-refractivity contribution in [3.8, 4) is 0 Å². The number of piperidine rings is 1. The molecule has 2 aliphatic heterocycles. The lowest BCUT2D eigenvalue weighted by atomic mass is 10.0. The van der Waals surface area contributed by atoms with Crippen LogP contribution in [-0.2, 0) is 10.0 Å². The molecule has 2 aliphatic rings. The van der Waals surface area contributed by atoms with Crippen molar-refractivity contribution < 1.29 is 8.42 Å². The number of hydrogen-bond donors (Lipinski definition) is 1. The van der Waals surface area contributed by atoms with E-state index in [1.54, 1.807) is 11.2 Å². The predicted molar refractivity (Wildman–Crippen MR) is 87.7 cm³/mol. The second-order valence-corrected chi connectivity index (χ2v) is 8.56. The van der Waals surface area contributed by atoms with Gasteiger partial charge in [0, 0.05) is 30.9 Å². The van der Waals surface area contributed by atoms with Gasteiger partial charge in [-0.15, -0.1) is 0 Å². The summed E-state index contributed by atoms with van der Waals surface area (Å²) in [4.78, 5) is 21.1. The first-order valence-electron chi connectivity index (χ1n) is 8.18. The van der Waals surface area contributed by atoms with Gasteiger partial charge >= 0.3 is 0 Å². The third kappa shape index (κ3) is 3.49. The highest BCUT2D eigenvalue weighted by Gasteiger charge is 2.37. The van der Waals surface area contributed by atoms with Crippen LogP contribution in [0.2, 0.25) is 0 Å². The molecule has 1 aromatic rings. The minimum Gasteiger partial charge on any atom is -0.309 e. The number of hydrogen-bond acceptors (Lipinski definition) is 5. The fraction of sp³-hybridized carbons (Fsp3) is 0.733. The molecule has 0 unspecified atom stereocenters. The van der Waals surface area contributed by atoms with Crippen LogP contribution in [0.15, 0.2) is 10.9 Å². The maximum absolute atomic E-state index is 12.1. The molecule has 0 radical (unpaired) electrons. The SMILES string of the molecule is Cc1cc(=O)[nH]c([C@H](C)N2CCC[C@H](N3CCCS3(=O)=O)C2)n1. The van der Waals surface area contributed by atoms with Crippen molar-refractivity contribution in [2.45, 2.75) is 45.2 Å². The molecule has 0 spiro atoms. The van der Waals surface area contributed by atoms with Gasteiger partial charge in [0.2, 0.25) is 10.0 Å². The lowest BCUT2D eigenvalue weighted by Gasteiger charge is -2.39. The molecular formula is C15H24N4O3S. The van der Waals surface area contributed by atoms with Gasteiger partial charge in [-0.05, 0) is 39.7 Å². The maximum Gasteiger partial charge on any atom is 0.251 e. The molecule has 0 aromatic carbocycles. The van der Waals surface area contributed by atoms with Gasteiger partial charge in [0.1, 0.15) is 5.82 Å². The fourth-order valence-corrected chi connectivity index (χ4v) is 5.37. The molecule has 0 aliphatic carbocycles. The number of H-pyrrole nitrogens is 1. The van der Waals surface area contributed by atoms with Crippen molar-refractivity contribution in [3.05, 3.63) is 27.9 Å². The van der Waals surface area contributed by atoms with Crippen molar-refractivity contribution >= 4 is 10.0 Å². The van der Waals surface area contributed by atoms with Crippen LogP contribution in [-0.4, -0.2) is 59.0 Å². The molecule has 1 aromatic heterocycles. The number of aromatic amines is 1. The summed E-state index contributed by atoms with van der Waals surface area (Å²) in [6.45, 7) is 6.04. The first-order valence-corrected chi connectivity index (χ1v) is 9.79. The molecule has 0 bridgehead atoms. The molecule has 1 N–H and O–H groups in total. The van der Waals surface area contributed by atoms with E-state index < -0.39 is 10.0 Å². The van der Waals surface area contributed by atoms with Crippen LogP contribution in [0.25, 0.3) is 0 Å². The normalized spacial score (nSPS) is 27.1. The van der Waals surface area contributed by atoms with E-state index in [0.29, 0.717) is 24.6 Å². The Morgan fingerprint density at radius 1 is 1.35 bits per heavy atom. The molecular weight excluding hydrogens is 316 g/mol. The van der Waals surface area contributed by atoms with Gasteiger partial charge in [-0.25, -0.2) is 13.4 Å². The number of nitrogens with zero attached hydrogens (tertiary/aromatic N) is 3. The summed E-state index contributed by atoms with van der Waals surface area (Å²) < 4.78 is 26.0. The molecule has 0 saturated carbocycles. The topological polar surface area (TPSA) is 86.4 Å². The average Bonchev–Trinajstić information content (AvgIpc) is 2.85. The van der Waals surface area contributed by atoms with Gasteiger partial charge in [0.05, 0.1) is 11.8 Å². The van der Waals surface area contributed by atoms with Crippen molar-refractivity contribution in [2.75, 3.05) is 25.4 Å². The van der Waals surface area contributed by atoms with E-state index in [2.05, 4.69) is 14.9 Å². The molecule has 2 saturated heterocycles. The summed E-state index contributed by atoms with van der Waals surface area (Å²) >= 11 is 0. The molecule has 128 valence electrons. The molecule has 3 heterocycles. The number of aryl methyl sites for hydroxylation is 1. The average molecular weight is 340 g/mol. The minimum atomic E-state index is -3.08. The number of rotatable bonds is 3. The van der Waals surface area contributed by atoms with E-state index in [4.69, 9.17) is 0 Å². The quantitative estimate of drug-likeness (QED) is 0.872. The van der Waals surface area contributed by atoms with Crippen LogP contribution in [0.1, 0.15) is 43.7 Å². The van der Waals surface area contributed by atoms with E-state index in [0.717, 1.165) is 25.8 Å². The Bertz CT molecular complexity index is 730. The van der Waals surface area contributed by atoms with E-state index in [1.807, 2.05) is 6.92 Å². The second-order valence-electron chi connectivity index (χ2n) is 6.52. The Morgan fingerprint density at radius 3 is 2.78 bits per heavy atom. The standard InChI is InChI=1S/C15H24N4O3S/c1-11-9-14(20)17-15(16-11)12(2)18-6-3-5-13(10-18)19-7-4-8-23(19,21)22/h9,12-13H,3-8,10H2,1-2H3,(H,16,17,20)/t12-,13-/m0/s1. The van der Waals surface area contributed by atoms with E-state index in [1.165, 1.54) is 6.07 Å². The highest BCUT2D eigenvalue weighted by Crippen LogP contribution is 2.27. The smallest absolute Gasteiger partial charge is 0.251 e. The van der Waals surface area contributed by atoms with Crippen LogP contribution in [0, 0.1) is 6.92 Å². The number of likely N-dealkylation sites (tertiary alicyclic amines) is 1. The summed E-state index contributed by atoms with van der Waals surface area (Å²) in [5.74, 6) is 0.922. The Morgan fingerprint density at radius 2 is 2.13 bits per heavy atom. The Balaban J connectivity index is 1.76. The summed E-state index contributed by atoms with van der Waals surface area (Å²) in [5.41, 5.74) is 0.557. The van der Waals surface area contributed by atoms with Crippen molar-refractivity contribution in [1.29, 1.82) is 0 Å². The molecule has 7 nitrogen and oxygen atoms in total. The highest BCUT2D eigenvalue weighted by molar-refractivity contribution is 7.89. The molecule has 3 rings (SSSR count). The van der Waals surface area contributed by atoms with Gasteiger partial charge < -0.3 is 4.98 Å². The molecule has 23 heavy (non-hydrogen) atoms. The predicted octanol–water partition coefficient (Wildman–Crippen LogP) is 0.639. The van der Waals surface area contributed by atoms with Crippen LogP contribution >= 0.6 is 0 Å². The first kappa shape index (κ1) is 16.6. The largest absolute Gasteiger partial charge is 0.309 e. The lowest BCUT2D eigenvalue weighted by Crippen LogP contribution is -2.49. The summed E-state index contributed by atoms with van der Waals surface area (Å²) in [7, 11) is -3.08. The summed E-state index contributed by atoms with van der Waals surface area (Å²) in [6, 6.07) is 1.48. The highest BCUT2D eigenvalue weighted by atomic mass is 32.2. The second kappa shape index (κ2) is 6.33. The fourth-order valence-electron chi connectivity index (χ4n) is 3.61. The first-order chi connectivity index (χ1) is 10.9. The maximum atomic E-state index is 12.1. The van der Waals surface area contributed by atoms with E-state index in [-0.39, 0.29) is 23.4 Å². The zero-order chi connectivity index (χ0) is 16.6. The Labute approximate surface area is 136 Å². The molecule has 8 heteroatoms. The monoisotopic (exact) mass is 340 g/mol. The zero-order valence-electron chi connectivity index (χ0n) is 13.7. The van der Waals surface area contributed by atoms with Crippen LogP contribution in [0.5, 0.6) is 0 Å². The van der Waals surface area contributed by atoms with E-state index in [9.17, 15) is 13.2 Å². The third-order valence-electron chi connectivity index (χ3n) is 4.80. The lowest BCUT2D eigenvalue weighted by molar-refractivity contribution is 0.113. The van der Waals surface area contributed by atoms with Gasteiger partial charge in [-0.1, -0.05) is 0 Å². The van der Waals surface area contributed by atoms with Crippen molar-refractivity contribution in [1.82, 2.24) is 19.2 Å². The minimum absolute atomic E-state index is 0.0318. The van der Waals surface area contributed by atoms with E-state index >= 15 is 0 Å². The summed E-state index contributed by atoms with van der Waals surface area (Å²) in [6.07, 6.45) is 2.58. The van der Waals surface area contributed by atoms with Crippen LogP contribution in [0.4, 0.5) is 0 Å². The van der Waals surface area contributed by atoms with Crippen LogP contribution < -0.4 is 5.56 Å². The van der Waals surface area contributed by atoms with Crippen molar-refractivity contribution in [3.63, 3.8) is 0 Å². The zero-order valence-corrected chi connectivity index (χ0v) is 14.5. The van der Waals surface area contributed by atoms with Crippen molar-refractivity contribution in [2.24, 2.45) is 0 Å². The third-order valence-corrected chi connectivity index (χ3v) is 6.80.